The maximum absolute atomic E-state index is 10.3. The van der Waals surface area contributed by atoms with Crippen molar-refractivity contribution < 1.29 is 29.0 Å². The van der Waals surface area contributed by atoms with E-state index in [2.05, 4.69) is 4.43 Å². The monoisotopic (exact) mass is 270 g/mol. The molecule has 8 nitrogen and oxygen atoms in total. The van der Waals surface area contributed by atoms with Crippen LogP contribution in [0.1, 0.15) is 6.92 Å². The molecule has 8 N–H and O–H groups in total. The van der Waals surface area contributed by atoms with E-state index in [-0.39, 0.29) is 26.4 Å². The van der Waals surface area contributed by atoms with E-state index in [1.165, 1.54) is 0 Å². The highest BCUT2D eigenvalue weighted by Gasteiger charge is 2.25. The van der Waals surface area contributed by atoms with E-state index in [0.29, 0.717) is 0 Å². The second-order valence-electron chi connectivity index (χ2n) is 3.25. The number of aliphatic hydroxyl groups is 3. The summed E-state index contributed by atoms with van der Waals surface area (Å²) in [5.41, 5.74) is 11.0. The van der Waals surface area contributed by atoms with Crippen molar-refractivity contribution in [3.05, 3.63) is 0 Å². The number of aliphatic hydroxyl groups excluding tert-OH is 3. The van der Waals surface area contributed by atoms with E-state index in [9.17, 15) is 4.46 Å². The van der Waals surface area contributed by atoms with Gasteiger partial charge in [0.25, 0.3) is 0 Å². The van der Waals surface area contributed by atoms with E-state index in [4.69, 9.17) is 31.6 Å². The quantitative estimate of drug-likeness (QED) is 0.262. The van der Waals surface area contributed by atoms with Gasteiger partial charge < -0.3 is 36.0 Å². The van der Waals surface area contributed by atoms with Crippen molar-refractivity contribution in [2.45, 2.75) is 19.0 Å². The molecule has 0 aliphatic rings. The molecule has 0 spiro atoms. The van der Waals surface area contributed by atoms with Gasteiger partial charge >= 0.3 is 9.17 Å². The average Bonchev–Trinajstić information content (AvgIpc) is 2.29. The Bertz CT molecular complexity index is 187. The van der Waals surface area contributed by atoms with Gasteiger partial charge in [-0.3, -0.25) is 4.46 Å². The first kappa shape index (κ1) is 18.8. The first-order valence-corrected chi connectivity index (χ1v) is 6.40. The van der Waals surface area contributed by atoms with Gasteiger partial charge in [-0.05, 0) is 6.92 Å². The van der Waals surface area contributed by atoms with Gasteiger partial charge in [-0.1, -0.05) is 0 Å². The lowest BCUT2D eigenvalue weighted by molar-refractivity contribution is 0.109. The summed E-state index contributed by atoms with van der Waals surface area (Å²) in [5, 5.41) is 25.1. The minimum Gasteiger partial charge on any atom is -0.511 e. The fourth-order valence-corrected chi connectivity index (χ4v) is 1.34. The van der Waals surface area contributed by atoms with Crippen molar-refractivity contribution in [3.63, 3.8) is 0 Å². The summed E-state index contributed by atoms with van der Waals surface area (Å²) >= 11 is 0. The second-order valence-corrected chi connectivity index (χ2v) is 4.07. The van der Waals surface area contributed by atoms with Gasteiger partial charge in [0.2, 0.25) is 0 Å². The first-order valence-electron chi connectivity index (χ1n) is 5.13. The van der Waals surface area contributed by atoms with E-state index >= 15 is 0 Å². The zero-order chi connectivity index (χ0) is 13.8. The Morgan fingerprint density at radius 3 is 1.76 bits per heavy atom. The molecule has 0 heterocycles. The molecule has 0 aromatic heterocycles. The standard InChI is InChI=1S/C6H16N2O5Si.C2H6O/c7-5(1-9)4(6(8)2-10)3-13-14(11)12;1-2-3/h4-6,9-11H,1-3,7-8H2;3H,2H2,1H3. The van der Waals surface area contributed by atoms with Gasteiger partial charge in [-0.25, -0.2) is 0 Å². The molecule has 0 aliphatic carbocycles. The molecular weight excluding hydrogens is 248 g/mol. The number of hydrogen-bond acceptors (Lipinski definition) is 7. The van der Waals surface area contributed by atoms with E-state index < -0.39 is 27.2 Å². The molecule has 0 amide bonds. The van der Waals surface area contributed by atoms with Crippen LogP contribution < -0.4 is 11.5 Å². The Balaban J connectivity index is 0. The van der Waals surface area contributed by atoms with Crippen LogP contribution in [0.3, 0.4) is 0 Å². The Morgan fingerprint density at radius 2 is 1.53 bits per heavy atom. The average molecular weight is 270 g/mol. The van der Waals surface area contributed by atoms with E-state index in [1.807, 2.05) is 0 Å². The number of hydrogen-bond donors (Lipinski definition) is 6. The fourth-order valence-electron chi connectivity index (χ4n) is 1.00. The Kier molecular flexibility index (Phi) is 13.1. The van der Waals surface area contributed by atoms with Crippen LogP contribution in [0.15, 0.2) is 0 Å². The molecule has 0 aromatic carbocycles. The molecule has 0 rings (SSSR count). The maximum atomic E-state index is 10.3. The van der Waals surface area contributed by atoms with Crippen LogP contribution in [0, 0.1) is 5.92 Å². The molecule has 0 saturated carbocycles. The summed E-state index contributed by atoms with van der Waals surface area (Å²) in [5.74, 6) is -0.550. The predicted molar refractivity (Wildman–Crippen MR) is 61.0 cm³/mol. The Morgan fingerprint density at radius 1 is 1.18 bits per heavy atom. The minimum atomic E-state index is -3.04. The molecule has 17 heavy (non-hydrogen) atoms. The van der Waals surface area contributed by atoms with Crippen LogP contribution in [0.2, 0.25) is 0 Å². The van der Waals surface area contributed by atoms with Gasteiger partial charge in [-0.15, -0.1) is 0 Å². The van der Waals surface area contributed by atoms with Crippen LogP contribution >= 0.6 is 0 Å². The van der Waals surface area contributed by atoms with Crippen molar-refractivity contribution in [1.29, 1.82) is 0 Å². The molecule has 0 bridgehead atoms. The van der Waals surface area contributed by atoms with E-state index in [1.54, 1.807) is 6.92 Å². The van der Waals surface area contributed by atoms with Gasteiger partial charge in [0.15, 0.2) is 0 Å². The first-order chi connectivity index (χ1) is 7.94. The van der Waals surface area contributed by atoms with Crippen molar-refractivity contribution in [3.8, 4) is 0 Å². The van der Waals surface area contributed by atoms with Crippen LogP contribution in [0.4, 0.5) is 0 Å². The van der Waals surface area contributed by atoms with E-state index in [0.717, 1.165) is 0 Å². The summed E-state index contributed by atoms with van der Waals surface area (Å²) in [4.78, 5) is 8.43. The molecule has 0 aromatic rings. The van der Waals surface area contributed by atoms with Gasteiger partial charge in [0.1, 0.15) is 0 Å². The highest BCUT2D eigenvalue weighted by Crippen LogP contribution is 2.06. The maximum Gasteiger partial charge on any atom is 0.764 e. The summed E-state index contributed by atoms with van der Waals surface area (Å²) < 4.78 is 14.8. The van der Waals surface area contributed by atoms with Crippen LogP contribution in [0.5, 0.6) is 0 Å². The van der Waals surface area contributed by atoms with Crippen LogP contribution in [-0.4, -0.2) is 67.8 Å². The SMILES string of the molecule is CCO.NC(CO)C(CO[Si](=O)O)C(N)CO. The zero-order valence-electron chi connectivity index (χ0n) is 9.82. The third-order valence-corrected chi connectivity index (χ3v) is 2.33. The normalized spacial score (nSPS) is 15.2. The van der Waals surface area contributed by atoms with Crippen molar-refractivity contribution in [2.75, 3.05) is 26.4 Å². The van der Waals surface area contributed by atoms with Gasteiger partial charge in [-0.2, -0.15) is 0 Å². The third-order valence-electron chi connectivity index (χ3n) is 1.92. The number of rotatable bonds is 7. The zero-order valence-corrected chi connectivity index (χ0v) is 10.8. The Hall–Kier alpha value is -0.583. The summed E-state index contributed by atoms with van der Waals surface area (Å²) in [7, 11) is -3.04. The lowest BCUT2D eigenvalue weighted by atomic mass is 9.94. The second kappa shape index (κ2) is 11.9. The molecule has 9 heteroatoms. The van der Waals surface area contributed by atoms with Gasteiger partial charge in [0, 0.05) is 24.6 Å². The minimum absolute atomic E-state index is 0.155. The summed E-state index contributed by atoms with van der Waals surface area (Å²) in [6.07, 6.45) is 0. The molecule has 0 saturated heterocycles. The molecule has 2 unspecified atom stereocenters. The molecule has 0 radical (unpaired) electrons. The topological polar surface area (TPSA) is 159 Å². The van der Waals surface area contributed by atoms with Crippen molar-refractivity contribution in [2.24, 2.45) is 17.4 Å². The van der Waals surface area contributed by atoms with Crippen molar-refractivity contribution >= 4 is 9.17 Å². The highest BCUT2D eigenvalue weighted by molar-refractivity contribution is 6.24. The third kappa shape index (κ3) is 10.3. The largest absolute Gasteiger partial charge is 0.764 e. The lowest BCUT2D eigenvalue weighted by Crippen LogP contribution is -2.49. The predicted octanol–water partition coefficient (Wildman–Crippen LogP) is -3.34. The van der Waals surface area contributed by atoms with Crippen LogP contribution in [-0.2, 0) is 8.89 Å². The summed E-state index contributed by atoms with van der Waals surface area (Å²) in [6, 6.07) is -1.36. The van der Waals surface area contributed by atoms with Crippen molar-refractivity contribution in [1.82, 2.24) is 0 Å². The fraction of sp³-hybridized carbons (Fsp3) is 1.00. The number of nitrogens with two attached hydrogens (primary N) is 2. The molecule has 2 atom stereocenters. The smallest absolute Gasteiger partial charge is 0.511 e. The summed E-state index contributed by atoms with van der Waals surface area (Å²) in [6.45, 7) is 1.12. The molecule has 0 aliphatic heterocycles. The molecule has 104 valence electrons. The molecule has 0 fully saturated rings. The highest BCUT2D eigenvalue weighted by atomic mass is 28.3. The van der Waals surface area contributed by atoms with Gasteiger partial charge in [0.05, 0.1) is 19.8 Å². The lowest BCUT2D eigenvalue weighted by Gasteiger charge is -2.26. The molecular formula is C8H22N2O6Si. The Labute approximate surface area is 102 Å². The van der Waals surface area contributed by atoms with Crippen LogP contribution in [0.25, 0.3) is 0 Å².